The Balaban J connectivity index is 1.73. The lowest BCUT2D eigenvalue weighted by atomic mass is 10.2. The van der Waals surface area contributed by atoms with Crippen LogP contribution in [0.5, 0.6) is 5.75 Å². The van der Waals surface area contributed by atoms with Crippen molar-refractivity contribution >= 4 is 34.8 Å². The van der Waals surface area contributed by atoms with E-state index in [4.69, 9.17) is 26.8 Å². The molecule has 0 aliphatic carbocycles. The largest absolute Gasteiger partial charge is 0.482 e. The molecule has 2 aliphatic rings. The van der Waals surface area contributed by atoms with Crippen molar-refractivity contribution in [2.75, 3.05) is 23.8 Å². The van der Waals surface area contributed by atoms with Crippen molar-refractivity contribution in [2.24, 2.45) is 5.73 Å². The van der Waals surface area contributed by atoms with E-state index in [-0.39, 0.29) is 24.5 Å². The van der Waals surface area contributed by atoms with Crippen LogP contribution in [0.2, 0.25) is 5.02 Å². The van der Waals surface area contributed by atoms with Crippen LogP contribution in [-0.2, 0) is 14.3 Å². The summed E-state index contributed by atoms with van der Waals surface area (Å²) >= 11 is 6.13. The number of nitrogens with two attached hydrogens (primary N) is 1. The third kappa shape index (κ3) is 3.01. The van der Waals surface area contributed by atoms with Gasteiger partial charge in [-0.3, -0.25) is 9.59 Å². The maximum absolute atomic E-state index is 12.2. The molecule has 1 saturated heterocycles. The Morgan fingerprint density at radius 1 is 1.45 bits per heavy atom. The minimum Gasteiger partial charge on any atom is -0.482 e. The Bertz CT molecular complexity index is 622. The lowest BCUT2D eigenvalue weighted by molar-refractivity contribution is -0.126. The number of anilines is 2. The van der Waals surface area contributed by atoms with Crippen LogP contribution in [0.3, 0.4) is 0 Å². The molecule has 0 aromatic heterocycles. The second kappa shape index (κ2) is 6.12. The zero-order valence-corrected chi connectivity index (χ0v) is 12.5. The number of carbonyl (C=O) groups is 2. The molecule has 118 valence electrons. The fraction of sp³-hybridized carbons (Fsp3) is 0.429. The summed E-state index contributed by atoms with van der Waals surface area (Å²) in [5, 5.41) is 5.69. The second-order valence-electron chi connectivity index (χ2n) is 5.21. The Kier molecular flexibility index (Phi) is 4.19. The van der Waals surface area contributed by atoms with Gasteiger partial charge in [0.15, 0.2) is 6.61 Å². The van der Waals surface area contributed by atoms with Gasteiger partial charge in [0.25, 0.3) is 11.8 Å². The van der Waals surface area contributed by atoms with E-state index in [1.807, 2.05) is 0 Å². The summed E-state index contributed by atoms with van der Waals surface area (Å²) in [4.78, 5) is 23.5. The summed E-state index contributed by atoms with van der Waals surface area (Å²) in [5.74, 6) is -0.0448. The molecular weight excluding hydrogens is 310 g/mol. The zero-order chi connectivity index (χ0) is 15.7. The van der Waals surface area contributed by atoms with E-state index < -0.39 is 6.10 Å². The van der Waals surface area contributed by atoms with E-state index in [2.05, 4.69) is 10.6 Å². The highest BCUT2D eigenvalue weighted by Crippen LogP contribution is 2.36. The van der Waals surface area contributed by atoms with Gasteiger partial charge in [-0.1, -0.05) is 11.6 Å². The lowest BCUT2D eigenvalue weighted by Crippen LogP contribution is -2.30. The molecule has 0 unspecified atom stereocenters. The van der Waals surface area contributed by atoms with Crippen LogP contribution in [-0.4, -0.2) is 37.2 Å². The molecule has 0 radical (unpaired) electrons. The van der Waals surface area contributed by atoms with Crippen molar-refractivity contribution in [3.8, 4) is 5.75 Å². The Hall–Kier alpha value is -1.83. The molecule has 2 heterocycles. The van der Waals surface area contributed by atoms with Crippen molar-refractivity contribution in [1.29, 1.82) is 0 Å². The summed E-state index contributed by atoms with van der Waals surface area (Å²) < 4.78 is 10.8. The fourth-order valence-corrected chi connectivity index (χ4v) is 2.69. The molecular formula is C14H16ClN3O4. The van der Waals surface area contributed by atoms with Crippen LogP contribution < -0.4 is 21.1 Å². The summed E-state index contributed by atoms with van der Waals surface area (Å²) in [6.07, 6.45) is 0.791. The van der Waals surface area contributed by atoms with Crippen molar-refractivity contribution < 1.29 is 19.1 Å². The van der Waals surface area contributed by atoms with Crippen molar-refractivity contribution in [3.63, 3.8) is 0 Å². The summed E-state index contributed by atoms with van der Waals surface area (Å²) in [6, 6.07) is 3.13. The molecule has 22 heavy (non-hydrogen) atoms. The van der Waals surface area contributed by atoms with Gasteiger partial charge in [-0.25, -0.2) is 0 Å². The maximum Gasteiger partial charge on any atom is 0.262 e. The molecule has 0 saturated carbocycles. The average Bonchev–Trinajstić information content (AvgIpc) is 2.97. The highest BCUT2D eigenvalue weighted by Gasteiger charge is 2.30. The molecule has 7 nitrogen and oxygen atoms in total. The van der Waals surface area contributed by atoms with E-state index in [9.17, 15) is 9.59 Å². The van der Waals surface area contributed by atoms with Crippen LogP contribution in [0.15, 0.2) is 12.1 Å². The van der Waals surface area contributed by atoms with Gasteiger partial charge in [0.2, 0.25) is 0 Å². The van der Waals surface area contributed by atoms with Crippen LogP contribution >= 0.6 is 11.6 Å². The lowest BCUT2D eigenvalue weighted by Gasteiger charge is -2.20. The molecule has 2 atom stereocenters. The maximum atomic E-state index is 12.2. The predicted molar refractivity (Wildman–Crippen MR) is 81.2 cm³/mol. The molecule has 0 bridgehead atoms. The average molecular weight is 326 g/mol. The fourth-order valence-electron chi connectivity index (χ4n) is 2.48. The first-order valence-corrected chi connectivity index (χ1v) is 7.37. The number of amides is 2. The third-order valence-electron chi connectivity index (χ3n) is 3.62. The minimum atomic E-state index is -0.527. The van der Waals surface area contributed by atoms with Gasteiger partial charge in [-0.15, -0.1) is 0 Å². The van der Waals surface area contributed by atoms with Gasteiger partial charge in [-0.05, 0) is 18.9 Å². The Morgan fingerprint density at radius 2 is 2.27 bits per heavy atom. The number of nitrogens with one attached hydrogen (secondary N) is 2. The van der Waals surface area contributed by atoms with Crippen molar-refractivity contribution in [2.45, 2.75) is 25.0 Å². The first-order valence-electron chi connectivity index (χ1n) is 6.99. The second-order valence-corrected chi connectivity index (χ2v) is 5.62. The first-order chi connectivity index (χ1) is 10.6. The molecule has 8 heteroatoms. The monoisotopic (exact) mass is 325 g/mol. The topological polar surface area (TPSA) is 103 Å². The Morgan fingerprint density at radius 3 is 3.00 bits per heavy atom. The van der Waals surface area contributed by atoms with E-state index in [0.717, 1.165) is 6.42 Å². The molecule has 2 aliphatic heterocycles. The Labute approximate surface area is 132 Å². The highest BCUT2D eigenvalue weighted by molar-refractivity contribution is 6.34. The molecule has 1 aromatic carbocycles. The molecule has 1 fully saturated rings. The third-order valence-corrected chi connectivity index (χ3v) is 3.94. The number of hydrogen-bond acceptors (Lipinski definition) is 5. The number of halogens is 1. The van der Waals surface area contributed by atoms with Gasteiger partial charge in [-0.2, -0.15) is 0 Å². The number of rotatable bonds is 3. The summed E-state index contributed by atoms with van der Waals surface area (Å²) in [6.45, 7) is 0.336. The van der Waals surface area contributed by atoms with Crippen LogP contribution in [0.25, 0.3) is 0 Å². The van der Waals surface area contributed by atoms with Crippen LogP contribution in [0.4, 0.5) is 11.4 Å². The number of carbonyl (C=O) groups excluding carboxylic acids is 2. The van der Waals surface area contributed by atoms with Gasteiger partial charge in [0.1, 0.15) is 11.9 Å². The standard InChI is InChI=1S/C14H16ClN3O4/c15-8-3-10-12(21-6-13(19)17-10)4-9(8)18-14(20)11-2-1-7(5-16)22-11/h3-4,7,11H,1-2,5-6,16H2,(H,17,19)(H,18,20)/t7-,11+/m1/s1. The molecule has 1 aromatic rings. The number of hydrogen-bond donors (Lipinski definition) is 3. The zero-order valence-electron chi connectivity index (χ0n) is 11.7. The number of ether oxygens (including phenoxy) is 2. The van der Waals surface area contributed by atoms with E-state index in [1.54, 1.807) is 12.1 Å². The number of fused-ring (bicyclic) bond motifs is 1. The highest BCUT2D eigenvalue weighted by atomic mass is 35.5. The van der Waals surface area contributed by atoms with Crippen molar-refractivity contribution in [1.82, 2.24) is 0 Å². The molecule has 3 rings (SSSR count). The van der Waals surface area contributed by atoms with E-state index in [1.165, 1.54) is 0 Å². The first kappa shape index (κ1) is 15.1. The summed E-state index contributed by atoms with van der Waals surface area (Å²) in [7, 11) is 0. The minimum absolute atomic E-state index is 0.0636. The van der Waals surface area contributed by atoms with E-state index in [0.29, 0.717) is 35.1 Å². The van der Waals surface area contributed by atoms with Gasteiger partial charge in [0.05, 0.1) is 22.5 Å². The van der Waals surface area contributed by atoms with Gasteiger partial charge < -0.3 is 25.8 Å². The smallest absolute Gasteiger partial charge is 0.262 e. The molecule has 4 N–H and O–H groups in total. The van der Waals surface area contributed by atoms with E-state index >= 15 is 0 Å². The SMILES string of the molecule is NC[C@H]1CC[C@@H](C(=O)Nc2cc3c(cc2Cl)NC(=O)CO3)O1. The van der Waals surface area contributed by atoms with Crippen molar-refractivity contribution in [3.05, 3.63) is 17.2 Å². The van der Waals surface area contributed by atoms with Crippen LogP contribution in [0.1, 0.15) is 12.8 Å². The van der Waals surface area contributed by atoms with Gasteiger partial charge in [0, 0.05) is 12.6 Å². The van der Waals surface area contributed by atoms with Crippen LogP contribution in [0, 0.1) is 0 Å². The normalized spacial score (nSPS) is 23.5. The number of benzene rings is 1. The molecule has 0 spiro atoms. The predicted octanol–water partition coefficient (Wildman–Crippen LogP) is 1.12. The quantitative estimate of drug-likeness (QED) is 0.772. The summed E-state index contributed by atoms with van der Waals surface area (Å²) in [5.41, 5.74) is 6.44. The van der Waals surface area contributed by atoms with Gasteiger partial charge >= 0.3 is 0 Å². The molecule has 2 amide bonds.